The van der Waals surface area contributed by atoms with E-state index in [9.17, 15) is 19.2 Å². The standard InChI is InChI=1S/C19H27N3O6/c1-12(17(25)26)21-15(23)11-20-16(24)14(10-13-8-6-5-7-9-13)22-18(27)28-19(2,3)4/h5-9,12,14H,10-11H2,1-4H3,(H,20,24)(H,21,23)(H,22,27)(H,25,26)/t12-,14-/m0/s1. The zero-order valence-corrected chi connectivity index (χ0v) is 16.4. The Balaban J connectivity index is 2.74. The van der Waals surface area contributed by atoms with Gasteiger partial charge in [0.15, 0.2) is 0 Å². The molecule has 0 aliphatic heterocycles. The molecule has 1 aromatic rings. The van der Waals surface area contributed by atoms with E-state index in [1.165, 1.54) is 6.92 Å². The van der Waals surface area contributed by atoms with E-state index in [4.69, 9.17) is 9.84 Å². The van der Waals surface area contributed by atoms with Crippen molar-refractivity contribution in [1.82, 2.24) is 16.0 Å². The maximum absolute atomic E-state index is 12.5. The molecular formula is C19H27N3O6. The van der Waals surface area contributed by atoms with Gasteiger partial charge in [-0.1, -0.05) is 30.3 Å². The number of carbonyl (C=O) groups is 4. The molecule has 2 atom stereocenters. The van der Waals surface area contributed by atoms with Crippen LogP contribution in [0.1, 0.15) is 33.3 Å². The normalized spacial score (nSPS) is 13.0. The molecule has 0 heterocycles. The zero-order chi connectivity index (χ0) is 21.3. The Morgan fingerprint density at radius 2 is 1.68 bits per heavy atom. The molecule has 0 saturated carbocycles. The lowest BCUT2D eigenvalue weighted by Gasteiger charge is -2.23. The highest BCUT2D eigenvalue weighted by molar-refractivity contribution is 5.90. The van der Waals surface area contributed by atoms with Crippen molar-refractivity contribution < 1.29 is 29.0 Å². The Bertz CT molecular complexity index is 699. The van der Waals surface area contributed by atoms with Gasteiger partial charge in [0, 0.05) is 6.42 Å². The molecule has 0 spiro atoms. The van der Waals surface area contributed by atoms with Crippen LogP contribution in [-0.4, -0.2) is 53.2 Å². The molecule has 9 heteroatoms. The van der Waals surface area contributed by atoms with E-state index in [1.807, 2.05) is 6.07 Å². The van der Waals surface area contributed by atoms with Gasteiger partial charge in [-0.05, 0) is 33.3 Å². The Labute approximate surface area is 163 Å². The van der Waals surface area contributed by atoms with Gasteiger partial charge >= 0.3 is 12.1 Å². The molecule has 3 amide bonds. The monoisotopic (exact) mass is 393 g/mol. The van der Waals surface area contributed by atoms with Crippen LogP contribution in [0.4, 0.5) is 4.79 Å². The van der Waals surface area contributed by atoms with Crippen LogP contribution in [0.2, 0.25) is 0 Å². The second-order valence-electron chi connectivity index (χ2n) is 7.23. The number of carbonyl (C=O) groups excluding carboxylic acids is 3. The summed E-state index contributed by atoms with van der Waals surface area (Å²) in [6.45, 7) is 5.99. The van der Waals surface area contributed by atoms with E-state index < -0.39 is 48.1 Å². The summed E-state index contributed by atoms with van der Waals surface area (Å²) in [5, 5.41) is 15.9. The van der Waals surface area contributed by atoms with Gasteiger partial charge in [-0.15, -0.1) is 0 Å². The molecule has 1 aromatic carbocycles. The minimum atomic E-state index is -1.19. The zero-order valence-electron chi connectivity index (χ0n) is 16.4. The molecule has 0 bridgehead atoms. The lowest BCUT2D eigenvalue weighted by atomic mass is 10.1. The topological polar surface area (TPSA) is 134 Å². The van der Waals surface area contributed by atoms with Crippen LogP contribution in [0, 0.1) is 0 Å². The number of carboxylic acid groups (broad SMARTS) is 1. The Hall–Kier alpha value is -3.10. The first-order chi connectivity index (χ1) is 13.0. The number of aliphatic carboxylic acids is 1. The molecule has 0 aliphatic rings. The molecule has 0 aromatic heterocycles. The van der Waals surface area contributed by atoms with Gasteiger partial charge in [-0.25, -0.2) is 4.79 Å². The molecule has 4 N–H and O–H groups in total. The van der Waals surface area contributed by atoms with E-state index >= 15 is 0 Å². The SMILES string of the molecule is C[C@H](NC(=O)CNC(=O)[C@H](Cc1ccccc1)NC(=O)OC(C)(C)C)C(=O)O. The minimum Gasteiger partial charge on any atom is -0.480 e. The third kappa shape index (κ3) is 9.02. The van der Waals surface area contributed by atoms with Crippen molar-refractivity contribution in [3.63, 3.8) is 0 Å². The first-order valence-electron chi connectivity index (χ1n) is 8.81. The molecule has 154 valence electrons. The second kappa shape index (κ2) is 10.3. The summed E-state index contributed by atoms with van der Waals surface area (Å²) < 4.78 is 5.19. The number of benzene rings is 1. The van der Waals surface area contributed by atoms with Crippen molar-refractivity contribution in [2.75, 3.05) is 6.54 Å². The lowest BCUT2D eigenvalue weighted by Crippen LogP contribution is -2.51. The molecule has 0 radical (unpaired) electrons. The average molecular weight is 393 g/mol. The van der Waals surface area contributed by atoms with Gasteiger partial charge in [-0.3, -0.25) is 14.4 Å². The van der Waals surface area contributed by atoms with Gasteiger partial charge in [0.2, 0.25) is 11.8 Å². The van der Waals surface area contributed by atoms with Gasteiger partial charge in [-0.2, -0.15) is 0 Å². The fraction of sp³-hybridized carbons (Fsp3) is 0.474. The van der Waals surface area contributed by atoms with Crippen LogP contribution < -0.4 is 16.0 Å². The predicted molar refractivity (Wildman–Crippen MR) is 102 cm³/mol. The van der Waals surface area contributed by atoms with Crippen LogP contribution in [0.15, 0.2) is 30.3 Å². The number of amides is 3. The van der Waals surface area contributed by atoms with Crippen molar-refractivity contribution in [2.24, 2.45) is 0 Å². The summed E-state index contributed by atoms with van der Waals surface area (Å²) in [5.41, 5.74) is 0.0766. The summed E-state index contributed by atoms with van der Waals surface area (Å²) in [6.07, 6.45) is -0.563. The van der Waals surface area contributed by atoms with Crippen molar-refractivity contribution >= 4 is 23.9 Å². The Kier molecular flexibility index (Phi) is 8.43. The van der Waals surface area contributed by atoms with Crippen LogP contribution >= 0.6 is 0 Å². The van der Waals surface area contributed by atoms with E-state index in [2.05, 4.69) is 16.0 Å². The van der Waals surface area contributed by atoms with Crippen LogP contribution in [0.25, 0.3) is 0 Å². The molecular weight excluding hydrogens is 366 g/mol. The van der Waals surface area contributed by atoms with Crippen LogP contribution in [-0.2, 0) is 25.5 Å². The largest absolute Gasteiger partial charge is 0.480 e. The highest BCUT2D eigenvalue weighted by atomic mass is 16.6. The Morgan fingerprint density at radius 1 is 1.07 bits per heavy atom. The summed E-state index contributed by atoms with van der Waals surface area (Å²) >= 11 is 0. The van der Waals surface area contributed by atoms with E-state index in [1.54, 1.807) is 45.0 Å². The van der Waals surface area contributed by atoms with Gasteiger partial charge in [0.1, 0.15) is 17.7 Å². The van der Waals surface area contributed by atoms with Gasteiger partial charge < -0.3 is 25.8 Å². The molecule has 0 unspecified atom stereocenters. The maximum Gasteiger partial charge on any atom is 0.408 e. The predicted octanol–water partition coefficient (Wildman–Crippen LogP) is 0.828. The third-order valence-corrected chi connectivity index (χ3v) is 3.46. The summed E-state index contributed by atoms with van der Waals surface area (Å²) in [4.78, 5) is 47.1. The van der Waals surface area contributed by atoms with Gasteiger partial charge in [0.25, 0.3) is 0 Å². The highest BCUT2D eigenvalue weighted by Crippen LogP contribution is 2.08. The summed E-state index contributed by atoms with van der Waals surface area (Å²) in [5.74, 6) is -2.43. The van der Waals surface area contributed by atoms with Crippen molar-refractivity contribution in [1.29, 1.82) is 0 Å². The number of ether oxygens (including phenoxy) is 1. The third-order valence-electron chi connectivity index (χ3n) is 3.46. The molecule has 0 aliphatic carbocycles. The van der Waals surface area contributed by atoms with Crippen molar-refractivity contribution in [2.45, 2.75) is 51.8 Å². The fourth-order valence-electron chi connectivity index (χ4n) is 2.15. The Morgan fingerprint density at radius 3 is 2.21 bits per heavy atom. The average Bonchev–Trinajstić information content (AvgIpc) is 2.58. The fourth-order valence-corrected chi connectivity index (χ4v) is 2.15. The first kappa shape index (κ1) is 22.9. The minimum absolute atomic E-state index is 0.194. The smallest absolute Gasteiger partial charge is 0.408 e. The van der Waals surface area contributed by atoms with E-state index in [-0.39, 0.29) is 6.42 Å². The molecule has 0 fully saturated rings. The van der Waals surface area contributed by atoms with Gasteiger partial charge in [0.05, 0.1) is 6.54 Å². The summed E-state index contributed by atoms with van der Waals surface area (Å²) in [6, 6.07) is 6.99. The van der Waals surface area contributed by atoms with Crippen molar-refractivity contribution in [3.8, 4) is 0 Å². The lowest BCUT2D eigenvalue weighted by molar-refractivity contribution is -0.141. The van der Waals surface area contributed by atoms with Crippen LogP contribution in [0.3, 0.4) is 0 Å². The number of hydrogen-bond acceptors (Lipinski definition) is 5. The molecule has 0 saturated heterocycles. The molecule has 28 heavy (non-hydrogen) atoms. The number of nitrogens with one attached hydrogen (secondary N) is 3. The summed E-state index contributed by atoms with van der Waals surface area (Å²) in [7, 11) is 0. The van der Waals surface area contributed by atoms with E-state index in [0.717, 1.165) is 5.56 Å². The highest BCUT2D eigenvalue weighted by Gasteiger charge is 2.25. The molecule has 1 rings (SSSR count). The quantitative estimate of drug-likeness (QED) is 0.517. The van der Waals surface area contributed by atoms with E-state index in [0.29, 0.717) is 0 Å². The van der Waals surface area contributed by atoms with Crippen molar-refractivity contribution in [3.05, 3.63) is 35.9 Å². The number of hydrogen-bond donors (Lipinski definition) is 4. The first-order valence-corrected chi connectivity index (χ1v) is 8.81. The second-order valence-corrected chi connectivity index (χ2v) is 7.23. The number of alkyl carbamates (subject to hydrolysis) is 1. The molecule has 9 nitrogen and oxygen atoms in total. The maximum atomic E-state index is 12.5. The number of rotatable bonds is 8. The number of carboxylic acids is 1. The van der Waals surface area contributed by atoms with Crippen LogP contribution in [0.5, 0.6) is 0 Å².